The second-order valence-electron chi connectivity index (χ2n) is 5.11. The molecule has 0 saturated heterocycles. The first-order chi connectivity index (χ1) is 8.56. The van der Waals surface area contributed by atoms with E-state index in [-0.39, 0.29) is 12.2 Å². The van der Waals surface area contributed by atoms with Crippen molar-refractivity contribution in [2.24, 2.45) is 11.7 Å². The Hall–Kier alpha value is -1.36. The van der Waals surface area contributed by atoms with Crippen molar-refractivity contribution in [3.05, 3.63) is 11.8 Å². The standard InChI is InChI=1S/C13H21N3O2/c1-8(2)17-12-4-9(3)15-13(16-12)18-11-5-10(6-11)7-14/h4,8,10-11H,5-7,14H2,1-3H3. The Morgan fingerprint density at radius 1 is 1.39 bits per heavy atom. The van der Waals surface area contributed by atoms with Crippen LogP contribution in [-0.2, 0) is 0 Å². The summed E-state index contributed by atoms with van der Waals surface area (Å²) in [6.45, 7) is 6.58. The molecule has 18 heavy (non-hydrogen) atoms. The van der Waals surface area contributed by atoms with Gasteiger partial charge >= 0.3 is 6.01 Å². The van der Waals surface area contributed by atoms with Crippen molar-refractivity contribution in [2.45, 2.75) is 45.8 Å². The zero-order chi connectivity index (χ0) is 13.1. The van der Waals surface area contributed by atoms with Crippen molar-refractivity contribution in [3.63, 3.8) is 0 Å². The molecule has 2 N–H and O–H groups in total. The van der Waals surface area contributed by atoms with Crippen LogP contribution in [0.15, 0.2) is 6.07 Å². The third-order valence-corrected chi connectivity index (χ3v) is 2.96. The van der Waals surface area contributed by atoms with Gasteiger partial charge in [-0.15, -0.1) is 0 Å². The monoisotopic (exact) mass is 251 g/mol. The lowest BCUT2D eigenvalue weighted by Gasteiger charge is -2.33. The lowest BCUT2D eigenvalue weighted by Crippen LogP contribution is -2.38. The summed E-state index contributed by atoms with van der Waals surface area (Å²) in [6.07, 6.45) is 2.28. The van der Waals surface area contributed by atoms with Crippen molar-refractivity contribution in [1.29, 1.82) is 0 Å². The molecule has 2 rings (SSSR count). The molecule has 1 aliphatic rings. The second kappa shape index (κ2) is 5.52. The maximum Gasteiger partial charge on any atom is 0.320 e. The SMILES string of the molecule is Cc1cc(OC(C)C)nc(OC2CC(CN)C2)n1. The van der Waals surface area contributed by atoms with Crippen molar-refractivity contribution in [1.82, 2.24) is 9.97 Å². The zero-order valence-corrected chi connectivity index (χ0v) is 11.2. The van der Waals surface area contributed by atoms with Gasteiger partial charge < -0.3 is 15.2 Å². The van der Waals surface area contributed by atoms with E-state index in [4.69, 9.17) is 15.2 Å². The van der Waals surface area contributed by atoms with E-state index >= 15 is 0 Å². The average molecular weight is 251 g/mol. The average Bonchev–Trinajstić information content (AvgIpc) is 2.20. The van der Waals surface area contributed by atoms with Gasteiger partial charge in [0.05, 0.1) is 6.10 Å². The normalized spacial score (nSPS) is 22.7. The van der Waals surface area contributed by atoms with E-state index in [1.165, 1.54) is 0 Å². The second-order valence-corrected chi connectivity index (χ2v) is 5.11. The molecule has 1 saturated carbocycles. The molecule has 1 aromatic heterocycles. The summed E-state index contributed by atoms with van der Waals surface area (Å²) >= 11 is 0. The van der Waals surface area contributed by atoms with Crippen molar-refractivity contribution < 1.29 is 9.47 Å². The van der Waals surface area contributed by atoms with Crippen LogP contribution in [0.1, 0.15) is 32.4 Å². The molecule has 0 spiro atoms. The number of aryl methyl sites for hydroxylation is 1. The van der Waals surface area contributed by atoms with Gasteiger partial charge in [-0.25, -0.2) is 4.98 Å². The third kappa shape index (κ3) is 3.32. The number of nitrogens with zero attached hydrogens (tertiary/aromatic N) is 2. The highest BCUT2D eigenvalue weighted by molar-refractivity contribution is 5.18. The lowest BCUT2D eigenvalue weighted by molar-refractivity contribution is 0.0591. The molecule has 5 heteroatoms. The van der Waals surface area contributed by atoms with E-state index in [2.05, 4.69) is 9.97 Å². The van der Waals surface area contributed by atoms with Crippen molar-refractivity contribution >= 4 is 0 Å². The van der Waals surface area contributed by atoms with Crippen LogP contribution in [0.2, 0.25) is 0 Å². The Labute approximate surface area is 108 Å². The molecule has 100 valence electrons. The molecular weight excluding hydrogens is 230 g/mol. The fourth-order valence-electron chi connectivity index (χ4n) is 1.98. The van der Waals surface area contributed by atoms with Crippen LogP contribution in [0.5, 0.6) is 11.9 Å². The summed E-state index contributed by atoms with van der Waals surface area (Å²) in [5, 5.41) is 0. The highest BCUT2D eigenvalue weighted by Gasteiger charge is 2.30. The Balaban J connectivity index is 1.97. The van der Waals surface area contributed by atoms with Crippen LogP contribution >= 0.6 is 0 Å². The molecular formula is C13H21N3O2. The van der Waals surface area contributed by atoms with Gasteiger partial charge in [0.2, 0.25) is 5.88 Å². The van der Waals surface area contributed by atoms with Gasteiger partial charge in [-0.05, 0) is 46.1 Å². The molecule has 0 atom stereocenters. The number of hydrogen-bond acceptors (Lipinski definition) is 5. The molecule has 1 heterocycles. The van der Waals surface area contributed by atoms with Gasteiger partial charge in [0.1, 0.15) is 6.10 Å². The van der Waals surface area contributed by atoms with Crippen LogP contribution in [0, 0.1) is 12.8 Å². The summed E-state index contributed by atoms with van der Waals surface area (Å²) in [5.74, 6) is 1.16. The summed E-state index contributed by atoms with van der Waals surface area (Å²) in [6, 6.07) is 2.22. The largest absolute Gasteiger partial charge is 0.475 e. The summed E-state index contributed by atoms with van der Waals surface area (Å²) in [7, 11) is 0. The van der Waals surface area contributed by atoms with E-state index in [0.717, 1.165) is 25.1 Å². The number of hydrogen-bond donors (Lipinski definition) is 1. The minimum atomic E-state index is 0.0949. The number of aromatic nitrogens is 2. The molecule has 0 unspecified atom stereocenters. The third-order valence-electron chi connectivity index (χ3n) is 2.96. The van der Waals surface area contributed by atoms with E-state index in [1.54, 1.807) is 0 Å². The van der Waals surface area contributed by atoms with Crippen LogP contribution in [-0.4, -0.2) is 28.7 Å². The van der Waals surface area contributed by atoms with Gasteiger partial charge in [0.25, 0.3) is 0 Å². The van der Waals surface area contributed by atoms with Crippen LogP contribution in [0.3, 0.4) is 0 Å². The first-order valence-electron chi connectivity index (χ1n) is 6.46. The van der Waals surface area contributed by atoms with Gasteiger partial charge in [-0.3, -0.25) is 0 Å². The van der Waals surface area contributed by atoms with E-state index < -0.39 is 0 Å². The fraction of sp³-hybridized carbons (Fsp3) is 0.692. The van der Waals surface area contributed by atoms with Crippen LogP contribution in [0.25, 0.3) is 0 Å². The summed E-state index contributed by atoms with van der Waals surface area (Å²) < 4.78 is 11.3. The minimum Gasteiger partial charge on any atom is -0.475 e. The highest BCUT2D eigenvalue weighted by atomic mass is 16.5. The number of ether oxygens (including phenoxy) is 2. The predicted octanol–water partition coefficient (Wildman–Crippen LogP) is 1.69. The number of nitrogens with two attached hydrogens (primary N) is 1. The quantitative estimate of drug-likeness (QED) is 0.862. The topological polar surface area (TPSA) is 70.3 Å². The lowest BCUT2D eigenvalue weighted by atomic mass is 9.82. The van der Waals surface area contributed by atoms with E-state index in [1.807, 2.05) is 26.8 Å². The maximum atomic E-state index is 5.73. The minimum absolute atomic E-state index is 0.0949. The van der Waals surface area contributed by atoms with Gasteiger partial charge in [0.15, 0.2) is 0 Å². The highest BCUT2D eigenvalue weighted by Crippen LogP contribution is 2.29. The molecule has 0 amide bonds. The molecule has 5 nitrogen and oxygen atoms in total. The first-order valence-corrected chi connectivity index (χ1v) is 6.46. The summed E-state index contributed by atoms with van der Waals surface area (Å²) in [5.41, 5.74) is 6.44. The first kappa shape index (κ1) is 13.1. The maximum absolute atomic E-state index is 5.73. The summed E-state index contributed by atoms with van der Waals surface area (Å²) in [4.78, 5) is 8.53. The molecule has 0 aliphatic heterocycles. The zero-order valence-electron chi connectivity index (χ0n) is 11.2. The van der Waals surface area contributed by atoms with Crippen molar-refractivity contribution in [3.8, 4) is 11.9 Å². The van der Waals surface area contributed by atoms with Gasteiger partial charge in [0, 0.05) is 11.8 Å². The van der Waals surface area contributed by atoms with Gasteiger partial charge in [-0.2, -0.15) is 4.98 Å². The van der Waals surface area contributed by atoms with Crippen molar-refractivity contribution in [2.75, 3.05) is 6.54 Å². The van der Waals surface area contributed by atoms with Gasteiger partial charge in [-0.1, -0.05) is 0 Å². The molecule has 1 aromatic rings. The predicted molar refractivity (Wildman–Crippen MR) is 68.7 cm³/mol. The molecule has 0 aromatic carbocycles. The van der Waals surface area contributed by atoms with Crippen LogP contribution in [0.4, 0.5) is 0 Å². The Bertz CT molecular complexity index is 403. The van der Waals surface area contributed by atoms with E-state index in [9.17, 15) is 0 Å². The molecule has 0 radical (unpaired) electrons. The van der Waals surface area contributed by atoms with Crippen LogP contribution < -0.4 is 15.2 Å². The van der Waals surface area contributed by atoms with E-state index in [0.29, 0.717) is 17.8 Å². The Morgan fingerprint density at radius 2 is 2.11 bits per heavy atom. The smallest absolute Gasteiger partial charge is 0.320 e. The fourth-order valence-corrected chi connectivity index (χ4v) is 1.98. The Kier molecular flexibility index (Phi) is 4.01. The molecule has 1 aliphatic carbocycles. The number of rotatable bonds is 5. The Morgan fingerprint density at radius 3 is 2.72 bits per heavy atom. The molecule has 1 fully saturated rings. The molecule has 0 bridgehead atoms.